The first-order chi connectivity index (χ1) is 13.3. The first kappa shape index (κ1) is 21.4. The molecule has 152 valence electrons. The Labute approximate surface area is 163 Å². The molecular formula is C19H25N3O6. The Hall–Kier alpha value is -2.94. The molecular weight excluding hydrogens is 366 g/mol. The third kappa shape index (κ3) is 4.86. The molecule has 1 heterocycles. The van der Waals surface area contributed by atoms with Gasteiger partial charge in [0.25, 0.3) is 0 Å². The molecule has 2 N–H and O–H groups in total. The number of ether oxygens (including phenoxy) is 1. The summed E-state index contributed by atoms with van der Waals surface area (Å²) in [5.74, 6) is -2.46. The zero-order chi connectivity index (χ0) is 20.8. The number of nitrogens with one attached hydrogen (secondary N) is 1. The van der Waals surface area contributed by atoms with E-state index < -0.39 is 42.0 Å². The van der Waals surface area contributed by atoms with Crippen molar-refractivity contribution >= 4 is 23.9 Å². The second kappa shape index (κ2) is 9.32. The summed E-state index contributed by atoms with van der Waals surface area (Å²) in [6.07, 6.45) is 0.785. The van der Waals surface area contributed by atoms with Gasteiger partial charge in [0.05, 0.1) is 19.7 Å². The predicted molar refractivity (Wildman–Crippen MR) is 99.5 cm³/mol. The summed E-state index contributed by atoms with van der Waals surface area (Å²) in [6, 6.07) is 5.78. The molecule has 0 bridgehead atoms. The number of carboxylic acid groups (broad SMARTS) is 1. The highest BCUT2D eigenvalue weighted by atomic mass is 16.5. The van der Waals surface area contributed by atoms with Crippen LogP contribution in [0, 0.1) is 0 Å². The number of carboxylic acids is 1. The van der Waals surface area contributed by atoms with Crippen molar-refractivity contribution in [1.82, 2.24) is 15.1 Å². The summed E-state index contributed by atoms with van der Waals surface area (Å²) in [6.45, 7) is 1.50. The topological polar surface area (TPSA) is 116 Å². The van der Waals surface area contributed by atoms with Crippen LogP contribution in [0.1, 0.15) is 18.9 Å². The number of benzene rings is 1. The third-order valence-corrected chi connectivity index (χ3v) is 4.69. The summed E-state index contributed by atoms with van der Waals surface area (Å²) in [5.41, 5.74) is 0.983. The number of rotatable bonds is 8. The van der Waals surface area contributed by atoms with E-state index in [-0.39, 0.29) is 13.0 Å². The summed E-state index contributed by atoms with van der Waals surface area (Å²) in [5, 5.41) is 12.2. The minimum atomic E-state index is -1.09. The van der Waals surface area contributed by atoms with E-state index in [4.69, 9.17) is 0 Å². The van der Waals surface area contributed by atoms with Gasteiger partial charge in [0.2, 0.25) is 5.91 Å². The number of aryl methyl sites for hydroxylation is 1. The number of aliphatic carboxylic acids is 1. The van der Waals surface area contributed by atoms with Crippen LogP contribution in [0.15, 0.2) is 30.3 Å². The van der Waals surface area contributed by atoms with Gasteiger partial charge >= 0.3 is 18.0 Å². The Balaban J connectivity index is 2.06. The molecule has 1 aromatic carbocycles. The molecule has 2 rings (SSSR count). The Morgan fingerprint density at radius 3 is 2.50 bits per heavy atom. The molecule has 9 nitrogen and oxygen atoms in total. The predicted octanol–water partition coefficient (Wildman–Crippen LogP) is 0.486. The van der Waals surface area contributed by atoms with Gasteiger partial charge in [-0.05, 0) is 25.3 Å². The highest BCUT2D eigenvalue weighted by Crippen LogP contribution is 2.17. The Kier molecular flexibility index (Phi) is 7.11. The number of methoxy groups -OCH3 is 1. The van der Waals surface area contributed by atoms with E-state index in [0.717, 1.165) is 10.5 Å². The highest BCUT2D eigenvalue weighted by molar-refractivity contribution is 6.03. The maximum absolute atomic E-state index is 12.8. The first-order valence-corrected chi connectivity index (χ1v) is 8.95. The van der Waals surface area contributed by atoms with Crippen molar-refractivity contribution in [2.45, 2.75) is 37.9 Å². The van der Waals surface area contributed by atoms with E-state index in [1.165, 1.54) is 26.0 Å². The average molecular weight is 391 g/mol. The molecule has 0 radical (unpaired) electrons. The van der Waals surface area contributed by atoms with Crippen molar-refractivity contribution in [3.8, 4) is 0 Å². The van der Waals surface area contributed by atoms with Gasteiger partial charge in [-0.15, -0.1) is 0 Å². The van der Waals surface area contributed by atoms with Crippen molar-refractivity contribution in [1.29, 1.82) is 0 Å². The lowest BCUT2D eigenvalue weighted by Gasteiger charge is -2.25. The third-order valence-electron chi connectivity index (χ3n) is 4.69. The molecule has 3 amide bonds. The molecule has 9 heteroatoms. The number of imide groups is 1. The molecule has 1 aliphatic rings. The minimum absolute atomic E-state index is 0.0281. The second-order valence-electron chi connectivity index (χ2n) is 6.71. The number of hydrogen-bond acceptors (Lipinski definition) is 6. The lowest BCUT2D eigenvalue weighted by molar-refractivity contribution is -0.149. The van der Waals surface area contributed by atoms with Crippen LogP contribution in [0.2, 0.25) is 0 Å². The molecule has 0 aromatic heterocycles. The van der Waals surface area contributed by atoms with Gasteiger partial charge in [-0.1, -0.05) is 30.3 Å². The quantitative estimate of drug-likeness (QED) is 0.619. The SMILES string of the molecule is COC(=O)C1CN(C)C(=O)N1C(=O)C(C)NC(CCc1ccccc1)C(=O)O. The molecule has 1 fully saturated rings. The van der Waals surface area contributed by atoms with E-state index in [2.05, 4.69) is 10.1 Å². The molecule has 1 aromatic rings. The van der Waals surface area contributed by atoms with Gasteiger partial charge in [-0.3, -0.25) is 14.9 Å². The molecule has 0 aliphatic carbocycles. The summed E-state index contributed by atoms with van der Waals surface area (Å²) >= 11 is 0. The standard InChI is InChI=1S/C19H25N3O6/c1-12(16(23)22-15(18(26)28-3)11-21(2)19(22)27)20-14(17(24)25)10-9-13-7-5-4-6-8-13/h4-8,12,14-15,20H,9-11H2,1-3H3,(H,24,25). The lowest BCUT2D eigenvalue weighted by atomic mass is 10.0. The molecule has 28 heavy (non-hydrogen) atoms. The van der Waals surface area contributed by atoms with Crippen LogP contribution in [-0.2, 0) is 25.5 Å². The fraction of sp³-hybridized carbons (Fsp3) is 0.474. The van der Waals surface area contributed by atoms with E-state index in [0.29, 0.717) is 6.42 Å². The Morgan fingerprint density at radius 2 is 1.93 bits per heavy atom. The summed E-state index contributed by atoms with van der Waals surface area (Å²) < 4.78 is 4.67. The van der Waals surface area contributed by atoms with Crippen molar-refractivity contribution in [3.05, 3.63) is 35.9 Å². The maximum Gasteiger partial charge on any atom is 0.331 e. The van der Waals surface area contributed by atoms with Crippen LogP contribution in [-0.4, -0.2) is 77.6 Å². The number of urea groups is 1. The molecule has 0 spiro atoms. The van der Waals surface area contributed by atoms with Gasteiger partial charge in [0.1, 0.15) is 6.04 Å². The van der Waals surface area contributed by atoms with Crippen LogP contribution in [0.3, 0.4) is 0 Å². The van der Waals surface area contributed by atoms with Crippen LogP contribution >= 0.6 is 0 Å². The average Bonchev–Trinajstić information content (AvgIpc) is 2.98. The monoisotopic (exact) mass is 391 g/mol. The van der Waals surface area contributed by atoms with Gasteiger partial charge in [-0.25, -0.2) is 14.5 Å². The van der Waals surface area contributed by atoms with Gasteiger partial charge in [-0.2, -0.15) is 0 Å². The van der Waals surface area contributed by atoms with Crippen LogP contribution in [0.4, 0.5) is 4.79 Å². The number of esters is 1. The number of carbonyl (C=O) groups is 4. The van der Waals surface area contributed by atoms with Gasteiger partial charge in [0.15, 0.2) is 6.04 Å². The first-order valence-electron chi connectivity index (χ1n) is 8.95. The molecule has 0 saturated carbocycles. The van der Waals surface area contributed by atoms with Crippen molar-refractivity contribution in [2.24, 2.45) is 0 Å². The van der Waals surface area contributed by atoms with Gasteiger partial charge in [0, 0.05) is 7.05 Å². The Morgan fingerprint density at radius 1 is 1.29 bits per heavy atom. The number of likely N-dealkylation sites (N-methyl/N-ethyl adjacent to an activating group) is 1. The van der Waals surface area contributed by atoms with E-state index in [9.17, 15) is 24.3 Å². The minimum Gasteiger partial charge on any atom is -0.480 e. The van der Waals surface area contributed by atoms with E-state index in [1.54, 1.807) is 0 Å². The number of amides is 3. The Bertz CT molecular complexity index is 738. The fourth-order valence-corrected chi connectivity index (χ4v) is 3.12. The van der Waals surface area contributed by atoms with Crippen LogP contribution < -0.4 is 5.32 Å². The number of carbonyl (C=O) groups excluding carboxylic acids is 3. The number of nitrogens with zero attached hydrogens (tertiary/aromatic N) is 2. The number of hydrogen-bond donors (Lipinski definition) is 2. The molecule has 3 unspecified atom stereocenters. The lowest BCUT2D eigenvalue weighted by Crippen LogP contribution is -2.54. The normalized spacial score (nSPS) is 18.7. The zero-order valence-electron chi connectivity index (χ0n) is 16.1. The van der Waals surface area contributed by atoms with Crippen molar-refractivity contribution < 1.29 is 29.0 Å². The largest absolute Gasteiger partial charge is 0.480 e. The van der Waals surface area contributed by atoms with Crippen molar-refractivity contribution in [2.75, 3.05) is 20.7 Å². The molecule has 3 atom stereocenters. The van der Waals surface area contributed by atoms with Crippen LogP contribution in [0.25, 0.3) is 0 Å². The molecule has 1 saturated heterocycles. The summed E-state index contributed by atoms with van der Waals surface area (Å²) in [7, 11) is 2.66. The van der Waals surface area contributed by atoms with Crippen LogP contribution in [0.5, 0.6) is 0 Å². The summed E-state index contributed by atoms with van der Waals surface area (Å²) in [4.78, 5) is 50.7. The van der Waals surface area contributed by atoms with E-state index in [1.807, 2.05) is 30.3 Å². The fourth-order valence-electron chi connectivity index (χ4n) is 3.12. The maximum atomic E-state index is 12.8. The van der Waals surface area contributed by atoms with E-state index >= 15 is 0 Å². The van der Waals surface area contributed by atoms with Crippen molar-refractivity contribution in [3.63, 3.8) is 0 Å². The van der Waals surface area contributed by atoms with Gasteiger partial charge < -0.3 is 14.7 Å². The second-order valence-corrected chi connectivity index (χ2v) is 6.71. The molecule has 1 aliphatic heterocycles. The smallest absolute Gasteiger partial charge is 0.331 e. The zero-order valence-corrected chi connectivity index (χ0v) is 16.1. The highest BCUT2D eigenvalue weighted by Gasteiger charge is 2.45.